The third-order valence-corrected chi connectivity index (χ3v) is 15.3. The fraction of sp³-hybridized carbons (Fsp3) is 0.169. The van der Waals surface area contributed by atoms with E-state index in [-0.39, 0.29) is 11.8 Å². The Labute approximate surface area is 389 Å². The molecule has 1 heteroatoms. The second kappa shape index (κ2) is 16.6. The number of para-hydroxylation sites is 2. The average Bonchev–Trinajstić information content (AvgIpc) is 3.66. The molecule has 1 nitrogen and oxygen atoms in total. The molecule has 0 saturated heterocycles. The molecule has 3 atom stereocenters. The lowest BCUT2D eigenvalue weighted by molar-refractivity contribution is 0.537. The number of hydrogen-bond acceptors (Lipinski definition) is 0. The van der Waals surface area contributed by atoms with Crippen molar-refractivity contribution in [3.05, 3.63) is 245 Å². The number of fused-ring (bicyclic) bond motifs is 9. The summed E-state index contributed by atoms with van der Waals surface area (Å²) in [5.74, 6) is 0.957. The van der Waals surface area contributed by atoms with Crippen molar-refractivity contribution in [2.24, 2.45) is 11.8 Å². The Kier molecular flexibility index (Phi) is 10.2. The molecule has 1 heterocycles. The standard InChI is InChI=1S/C65H55N/c1-4-51-60(44-20-8-5-9-21-44)41-59(42(2)43(3)64(51)45-22-10-6-11-23-45)49-25-18-24-48(38-49)52-31-19-32-57-53-28-14-15-29-54(53)61-39-46(35-37-58(61)65(52)57)47-34-36-56-55-30-16-17-33-62(55)66(63(56)40-47)50-26-12-7-13-27-50/h5,7-10,12-18,20-31,33-42,51,60H,4,6,11,19,32H2,1-3H3/t42-,51?,60?/m1/s1. The van der Waals surface area contributed by atoms with E-state index in [9.17, 15) is 0 Å². The van der Waals surface area contributed by atoms with Crippen molar-refractivity contribution in [2.45, 2.75) is 58.8 Å². The maximum atomic E-state index is 2.65. The number of hydrogen-bond donors (Lipinski definition) is 0. The zero-order valence-corrected chi connectivity index (χ0v) is 38.3. The van der Waals surface area contributed by atoms with Gasteiger partial charge in [-0.25, -0.2) is 0 Å². The molecule has 1 aromatic heterocycles. The van der Waals surface area contributed by atoms with E-state index in [4.69, 9.17) is 0 Å². The summed E-state index contributed by atoms with van der Waals surface area (Å²) >= 11 is 0. The smallest absolute Gasteiger partial charge is 0.0547 e. The third-order valence-electron chi connectivity index (χ3n) is 15.3. The van der Waals surface area contributed by atoms with Crippen LogP contribution in [0.2, 0.25) is 0 Å². The molecule has 2 unspecified atom stereocenters. The van der Waals surface area contributed by atoms with E-state index < -0.39 is 0 Å². The molecule has 0 saturated carbocycles. The number of benzene rings is 8. The number of nitrogens with zero attached hydrogens (tertiary/aromatic N) is 1. The molecule has 0 spiro atoms. The summed E-state index contributed by atoms with van der Waals surface area (Å²) in [4.78, 5) is 0. The van der Waals surface area contributed by atoms with Crippen LogP contribution in [0.25, 0.3) is 71.3 Å². The predicted molar refractivity (Wildman–Crippen MR) is 282 cm³/mol. The van der Waals surface area contributed by atoms with Crippen LogP contribution in [0.4, 0.5) is 0 Å². The van der Waals surface area contributed by atoms with Gasteiger partial charge in [-0.2, -0.15) is 0 Å². The van der Waals surface area contributed by atoms with E-state index in [1.807, 2.05) is 0 Å². The molecule has 0 radical (unpaired) electrons. The summed E-state index contributed by atoms with van der Waals surface area (Å²) in [5.41, 5.74) is 20.3. The van der Waals surface area contributed by atoms with Gasteiger partial charge in [0, 0.05) is 28.3 Å². The van der Waals surface area contributed by atoms with Gasteiger partial charge in [-0.15, -0.1) is 0 Å². The van der Waals surface area contributed by atoms with E-state index in [0.29, 0.717) is 5.92 Å². The molecular weight excluding hydrogens is 795 g/mol. The molecule has 9 aromatic rings. The Balaban J connectivity index is 1.00. The SMILES string of the molecule is CCC1C(C2=CCCC=C2)=C(C)[C@@H](C)C(c2cccc(C3=CCCc4c3c3ccc(-c5ccc6c7ccccc7n(-c7ccccc7)c6c5)cc3c3ccccc43)c2)=CC1c1ccccc1. The molecule has 0 amide bonds. The van der Waals surface area contributed by atoms with Gasteiger partial charge >= 0.3 is 0 Å². The monoisotopic (exact) mass is 849 g/mol. The normalized spacial score (nSPS) is 18.7. The van der Waals surface area contributed by atoms with Crippen LogP contribution in [0.3, 0.4) is 0 Å². The maximum Gasteiger partial charge on any atom is 0.0547 e. The van der Waals surface area contributed by atoms with Crippen LogP contribution in [-0.4, -0.2) is 4.57 Å². The van der Waals surface area contributed by atoms with Crippen molar-refractivity contribution in [3.8, 4) is 16.8 Å². The Morgan fingerprint density at radius 2 is 1.24 bits per heavy atom. The van der Waals surface area contributed by atoms with Crippen LogP contribution in [0.15, 0.2) is 217 Å². The number of rotatable bonds is 7. The van der Waals surface area contributed by atoms with E-state index >= 15 is 0 Å². The zero-order valence-electron chi connectivity index (χ0n) is 38.3. The maximum absolute atomic E-state index is 2.65. The van der Waals surface area contributed by atoms with Crippen molar-refractivity contribution < 1.29 is 0 Å². The topological polar surface area (TPSA) is 4.93 Å². The number of aryl methyl sites for hydroxylation is 1. The van der Waals surface area contributed by atoms with Gasteiger partial charge in [0.25, 0.3) is 0 Å². The molecule has 8 aromatic carbocycles. The van der Waals surface area contributed by atoms with Crippen LogP contribution >= 0.6 is 0 Å². The first kappa shape index (κ1) is 40.3. The quantitative estimate of drug-likeness (QED) is 0.141. The molecular formula is C65H55N. The predicted octanol–water partition coefficient (Wildman–Crippen LogP) is 17.6. The second-order valence-electron chi connectivity index (χ2n) is 18.8. The Morgan fingerprint density at radius 3 is 2.03 bits per heavy atom. The first-order valence-corrected chi connectivity index (χ1v) is 24.3. The fourth-order valence-corrected chi connectivity index (χ4v) is 12.1. The van der Waals surface area contributed by atoms with Gasteiger partial charge in [0.05, 0.1) is 11.0 Å². The molecule has 0 fully saturated rings. The van der Waals surface area contributed by atoms with E-state index in [2.05, 4.69) is 226 Å². The second-order valence-corrected chi connectivity index (χ2v) is 18.8. The van der Waals surface area contributed by atoms with Gasteiger partial charge < -0.3 is 4.57 Å². The Hall–Kier alpha value is -7.22. The van der Waals surface area contributed by atoms with Crippen LogP contribution in [0.1, 0.15) is 80.2 Å². The summed E-state index contributed by atoms with van der Waals surface area (Å²) in [6, 6.07) is 63.9. The highest BCUT2D eigenvalue weighted by Crippen LogP contribution is 2.49. The first-order chi connectivity index (χ1) is 32.6. The molecule has 0 bridgehead atoms. The minimum Gasteiger partial charge on any atom is -0.309 e. The van der Waals surface area contributed by atoms with Crippen molar-refractivity contribution in [3.63, 3.8) is 0 Å². The van der Waals surface area contributed by atoms with Crippen molar-refractivity contribution in [2.75, 3.05) is 0 Å². The van der Waals surface area contributed by atoms with Crippen molar-refractivity contribution >= 4 is 54.5 Å². The summed E-state index contributed by atoms with van der Waals surface area (Å²) in [5, 5.41) is 7.89. The van der Waals surface area contributed by atoms with Gasteiger partial charge in [0.2, 0.25) is 0 Å². The minimum absolute atomic E-state index is 0.276. The Bertz CT molecular complexity index is 3530. The average molecular weight is 850 g/mol. The molecule has 3 aliphatic rings. The van der Waals surface area contributed by atoms with E-state index in [1.165, 1.54) is 110 Å². The molecule has 3 aliphatic carbocycles. The van der Waals surface area contributed by atoms with Gasteiger partial charge in [0.15, 0.2) is 0 Å². The van der Waals surface area contributed by atoms with Gasteiger partial charge in [-0.05, 0) is 164 Å². The largest absolute Gasteiger partial charge is 0.309 e. The highest BCUT2D eigenvalue weighted by Gasteiger charge is 2.33. The van der Waals surface area contributed by atoms with Gasteiger partial charge in [-0.3, -0.25) is 0 Å². The molecule has 66 heavy (non-hydrogen) atoms. The van der Waals surface area contributed by atoms with E-state index in [0.717, 1.165) is 32.1 Å². The van der Waals surface area contributed by atoms with Crippen LogP contribution in [-0.2, 0) is 6.42 Å². The van der Waals surface area contributed by atoms with Crippen LogP contribution in [0, 0.1) is 11.8 Å². The van der Waals surface area contributed by atoms with Crippen molar-refractivity contribution in [1.29, 1.82) is 0 Å². The lowest BCUT2D eigenvalue weighted by Crippen LogP contribution is -2.15. The lowest BCUT2D eigenvalue weighted by atomic mass is 9.75. The zero-order chi connectivity index (χ0) is 44.3. The summed E-state index contributed by atoms with van der Waals surface area (Å²) in [7, 11) is 0. The van der Waals surface area contributed by atoms with E-state index in [1.54, 1.807) is 5.57 Å². The van der Waals surface area contributed by atoms with Gasteiger partial charge in [-0.1, -0.05) is 183 Å². The summed E-state index contributed by atoms with van der Waals surface area (Å²) < 4.78 is 2.42. The minimum atomic E-state index is 0.276. The highest BCUT2D eigenvalue weighted by molar-refractivity contribution is 6.17. The summed E-state index contributed by atoms with van der Waals surface area (Å²) in [6.45, 7) is 7.26. The lowest BCUT2D eigenvalue weighted by Gasteiger charge is -2.29. The molecule has 0 N–H and O–H groups in total. The van der Waals surface area contributed by atoms with Crippen LogP contribution < -0.4 is 0 Å². The highest BCUT2D eigenvalue weighted by atomic mass is 15.0. The van der Waals surface area contributed by atoms with Gasteiger partial charge in [0.1, 0.15) is 0 Å². The first-order valence-electron chi connectivity index (χ1n) is 24.3. The number of allylic oxidation sites excluding steroid dienone is 9. The third kappa shape index (κ3) is 6.67. The Morgan fingerprint density at radius 1 is 0.545 bits per heavy atom. The van der Waals surface area contributed by atoms with Crippen LogP contribution in [0.5, 0.6) is 0 Å². The van der Waals surface area contributed by atoms with Crippen molar-refractivity contribution in [1.82, 2.24) is 4.57 Å². The summed E-state index contributed by atoms with van der Waals surface area (Å²) in [6.07, 6.45) is 17.8. The molecule has 320 valence electrons. The fourth-order valence-electron chi connectivity index (χ4n) is 12.1. The number of aromatic nitrogens is 1. The molecule has 12 rings (SSSR count). The molecule has 0 aliphatic heterocycles.